The van der Waals surface area contributed by atoms with Crippen molar-refractivity contribution >= 4 is 57.5 Å². The van der Waals surface area contributed by atoms with Gasteiger partial charge in [0, 0.05) is 0 Å². The average Bonchev–Trinajstić information content (AvgIpc) is 3.29. The van der Waals surface area contributed by atoms with E-state index in [1.807, 2.05) is 0 Å². The largest absolute Gasteiger partial charge is 0.490 e. The Morgan fingerprint density at radius 1 is 1.34 bits per heavy atom. The number of nitrogens with one attached hydrogen (secondary N) is 1. The molecule has 6 nitrogen and oxygen atoms in total. The van der Waals surface area contributed by atoms with E-state index in [0.29, 0.717) is 10.4 Å². The summed E-state index contributed by atoms with van der Waals surface area (Å²) in [6, 6.07) is 7.68. The molecule has 0 atom stereocenters. The number of carbonyl (C=O) groups is 2. The van der Waals surface area contributed by atoms with Crippen LogP contribution in [-0.2, 0) is 4.79 Å². The Kier molecular flexibility index (Phi) is 6.83. The van der Waals surface area contributed by atoms with E-state index in [9.17, 15) is 18.4 Å². The number of amides is 2. The maximum atomic E-state index is 12.6. The monoisotopic (exact) mass is 456 g/mol. The fourth-order valence-electron chi connectivity index (χ4n) is 2.36. The molecule has 2 heterocycles. The zero-order chi connectivity index (χ0) is 21.0. The van der Waals surface area contributed by atoms with Crippen LogP contribution in [0.5, 0.6) is 11.5 Å². The second kappa shape index (κ2) is 9.33. The van der Waals surface area contributed by atoms with Crippen molar-refractivity contribution in [3.63, 3.8) is 0 Å². The Morgan fingerprint density at radius 3 is 2.79 bits per heavy atom. The minimum atomic E-state index is -2.98. The number of thioether (sulfide) groups is 1. The SMILES string of the molecule is CCOc1cc(/C=C2\SC(=S)N(NC(=O)c3cccs3)C2=O)ccc1OC(F)F. The maximum Gasteiger partial charge on any atom is 0.387 e. The van der Waals surface area contributed by atoms with Crippen molar-refractivity contribution in [2.45, 2.75) is 13.5 Å². The number of nitrogens with zero attached hydrogens (tertiary/aromatic N) is 1. The maximum absolute atomic E-state index is 12.6. The van der Waals surface area contributed by atoms with Crippen LogP contribution >= 0.6 is 35.3 Å². The molecule has 0 saturated carbocycles. The van der Waals surface area contributed by atoms with Crippen molar-refractivity contribution in [1.82, 2.24) is 10.4 Å². The van der Waals surface area contributed by atoms with Gasteiger partial charge in [-0.3, -0.25) is 15.0 Å². The molecule has 0 spiro atoms. The van der Waals surface area contributed by atoms with E-state index in [-0.39, 0.29) is 27.3 Å². The minimum Gasteiger partial charge on any atom is -0.490 e. The molecule has 0 unspecified atom stereocenters. The number of hydrazine groups is 1. The predicted octanol–water partition coefficient (Wildman–Crippen LogP) is 4.29. The lowest BCUT2D eigenvalue weighted by molar-refractivity contribution is -0.123. The van der Waals surface area contributed by atoms with Crippen molar-refractivity contribution in [2.75, 3.05) is 6.61 Å². The lowest BCUT2D eigenvalue weighted by Crippen LogP contribution is -2.44. The Balaban J connectivity index is 1.79. The molecule has 0 bridgehead atoms. The van der Waals surface area contributed by atoms with Gasteiger partial charge in [0.2, 0.25) is 0 Å². The van der Waals surface area contributed by atoms with Crippen LogP contribution < -0.4 is 14.9 Å². The van der Waals surface area contributed by atoms with Crippen LogP contribution in [0.4, 0.5) is 8.78 Å². The predicted molar refractivity (Wildman–Crippen MR) is 111 cm³/mol. The van der Waals surface area contributed by atoms with Gasteiger partial charge in [-0.15, -0.1) is 11.3 Å². The second-order valence-corrected chi connectivity index (χ2v) is 8.08. The summed E-state index contributed by atoms with van der Waals surface area (Å²) >= 11 is 7.44. The molecular weight excluding hydrogens is 442 g/mol. The zero-order valence-corrected chi connectivity index (χ0v) is 17.3. The lowest BCUT2D eigenvalue weighted by atomic mass is 10.2. The first-order valence-electron chi connectivity index (χ1n) is 8.23. The molecule has 29 heavy (non-hydrogen) atoms. The van der Waals surface area contributed by atoms with Crippen LogP contribution in [0.1, 0.15) is 22.2 Å². The summed E-state index contributed by atoms with van der Waals surface area (Å²) in [5, 5.41) is 2.75. The molecule has 152 valence electrons. The number of benzene rings is 1. The summed E-state index contributed by atoms with van der Waals surface area (Å²) in [4.78, 5) is 25.5. The number of halogens is 2. The van der Waals surface area contributed by atoms with Crippen molar-refractivity contribution in [3.05, 3.63) is 51.1 Å². The number of alkyl halides is 2. The van der Waals surface area contributed by atoms with Gasteiger partial charge in [-0.2, -0.15) is 13.8 Å². The zero-order valence-electron chi connectivity index (χ0n) is 14.9. The molecule has 1 saturated heterocycles. The van der Waals surface area contributed by atoms with Crippen molar-refractivity contribution in [3.8, 4) is 11.5 Å². The van der Waals surface area contributed by atoms with E-state index in [4.69, 9.17) is 17.0 Å². The number of thiocarbonyl (C=S) groups is 1. The van der Waals surface area contributed by atoms with Crippen molar-refractivity contribution < 1.29 is 27.8 Å². The van der Waals surface area contributed by atoms with Crippen molar-refractivity contribution in [2.24, 2.45) is 0 Å². The molecule has 1 aromatic heterocycles. The Hall–Kier alpha value is -2.50. The first-order valence-corrected chi connectivity index (χ1v) is 10.3. The molecule has 1 aliphatic rings. The summed E-state index contributed by atoms with van der Waals surface area (Å²) in [6.45, 7) is -1.02. The van der Waals surface area contributed by atoms with Crippen LogP contribution in [0.3, 0.4) is 0 Å². The Labute approximate surface area is 178 Å². The first-order chi connectivity index (χ1) is 13.9. The van der Waals surface area contributed by atoms with Crippen LogP contribution in [0.2, 0.25) is 0 Å². The third-order valence-electron chi connectivity index (χ3n) is 3.53. The fourth-order valence-corrected chi connectivity index (χ4v) is 4.15. The molecule has 0 aliphatic carbocycles. The number of hydrogen-bond donors (Lipinski definition) is 1. The highest BCUT2D eigenvalue weighted by atomic mass is 32.2. The number of thiophene rings is 1. The number of rotatable bonds is 7. The van der Waals surface area contributed by atoms with Gasteiger partial charge in [-0.25, -0.2) is 0 Å². The van der Waals surface area contributed by atoms with E-state index < -0.39 is 18.4 Å². The van der Waals surface area contributed by atoms with E-state index in [0.717, 1.165) is 16.8 Å². The fraction of sp³-hybridized carbons (Fsp3) is 0.167. The molecule has 2 aromatic rings. The molecule has 11 heteroatoms. The van der Waals surface area contributed by atoms with Crippen LogP contribution in [0.25, 0.3) is 6.08 Å². The molecular formula is C18H14F2N2O4S3. The molecule has 2 amide bonds. The van der Waals surface area contributed by atoms with Gasteiger partial charge in [0.25, 0.3) is 11.8 Å². The second-order valence-electron chi connectivity index (χ2n) is 5.45. The summed E-state index contributed by atoms with van der Waals surface area (Å²) in [5.74, 6) is -0.904. The normalized spacial score (nSPS) is 15.3. The number of ether oxygens (including phenoxy) is 2. The van der Waals surface area contributed by atoms with Crippen LogP contribution in [-0.4, -0.2) is 34.4 Å². The van der Waals surface area contributed by atoms with Crippen LogP contribution in [0, 0.1) is 0 Å². The van der Waals surface area contributed by atoms with E-state index in [1.54, 1.807) is 24.4 Å². The van der Waals surface area contributed by atoms with Gasteiger partial charge < -0.3 is 9.47 Å². The summed E-state index contributed by atoms with van der Waals surface area (Å²) < 4.78 is 35.0. The highest BCUT2D eigenvalue weighted by molar-refractivity contribution is 8.26. The van der Waals surface area contributed by atoms with E-state index in [1.165, 1.54) is 35.6 Å². The topological polar surface area (TPSA) is 67.9 Å². The minimum absolute atomic E-state index is 0.102. The van der Waals surface area contributed by atoms with Gasteiger partial charge in [-0.1, -0.05) is 23.9 Å². The summed E-state index contributed by atoms with van der Waals surface area (Å²) in [6.07, 6.45) is 1.53. The highest BCUT2D eigenvalue weighted by Gasteiger charge is 2.34. The Morgan fingerprint density at radius 2 is 2.14 bits per heavy atom. The van der Waals surface area contributed by atoms with E-state index in [2.05, 4.69) is 10.2 Å². The Bertz CT molecular complexity index is 964. The first kappa shape index (κ1) is 21.2. The third-order valence-corrected chi connectivity index (χ3v) is 5.70. The lowest BCUT2D eigenvalue weighted by Gasteiger charge is -2.14. The van der Waals surface area contributed by atoms with Crippen LogP contribution in [0.15, 0.2) is 40.6 Å². The average molecular weight is 457 g/mol. The van der Waals surface area contributed by atoms with Gasteiger partial charge in [0.05, 0.1) is 16.4 Å². The van der Waals surface area contributed by atoms with Gasteiger partial charge in [0.1, 0.15) is 0 Å². The van der Waals surface area contributed by atoms with Gasteiger partial charge >= 0.3 is 6.61 Å². The molecule has 1 N–H and O–H groups in total. The highest BCUT2D eigenvalue weighted by Crippen LogP contribution is 2.34. The van der Waals surface area contributed by atoms with Crippen molar-refractivity contribution in [1.29, 1.82) is 0 Å². The standard InChI is InChI=1S/C18H14F2N2O4S3/c1-2-25-12-8-10(5-6-11(12)26-17(19)20)9-14-16(24)22(18(27)29-14)21-15(23)13-4-3-7-28-13/h3-9,17H,2H2,1H3,(H,21,23)/b14-9-. The number of carbonyl (C=O) groups excluding carboxylic acids is 2. The third kappa shape index (κ3) is 5.11. The quantitative estimate of drug-likeness (QED) is 0.495. The molecule has 1 fully saturated rings. The summed E-state index contributed by atoms with van der Waals surface area (Å²) in [7, 11) is 0. The van der Waals surface area contributed by atoms with Gasteiger partial charge in [0.15, 0.2) is 15.8 Å². The summed E-state index contributed by atoms with van der Waals surface area (Å²) in [5.41, 5.74) is 3.01. The van der Waals surface area contributed by atoms with Gasteiger partial charge in [-0.05, 0) is 54.4 Å². The smallest absolute Gasteiger partial charge is 0.387 e. The molecule has 0 radical (unpaired) electrons. The molecule has 1 aliphatic heterocycles. The number of hydrogen-bond acceptors (Lipinski definition) is 7. The molecule has 3 rings (SSSR count). The van der Waals surface area contributed by atoms with E-state index >= 15 is 0 Å². The molecule has 1 aromatic carbocycles.